The molecule has 4 nitrogen and oxygen atoms in total. The summed E-state index contributed by atoms with van der Waals surface area (Å²) in [5.74, 6) is 0.177. The monoisotopic (exact) mass is 260 g/mol. The van der Waals surface area contributed by atoms with E-state index in [0.29, 0.717) is 17.8 Å². The molecule has 1 aliphatic rings. The molecule has 4 heteroatoms. The molecule has 2 N–H and O–H groups in total. The summed E-state index contributed by atoms with van der Waals surface area (Å²) in [5.41, 5.74) is 2.37. The van der Waals surface area contributed by atoms with Crippen LogP contribution in [0.15, 0.2) is 18.2 Å². The van der Waals surface area contributed by atoms with Crippen molar-refractivity contribution in [3.63, 3.8) is 0 Å². The van der Waals surface area contributed by atoms with Crippen molar-refractivity contribution in [3.8, 4) is 0 Å². The van der Waals surface area contributed by atoms with Crippen LogP contribution in [0.3, 0.4) is 0 Å². The van der Waals surface area contributed by atoms with Crippen LogP contribution in [0.5, 0.6) is 0 Å². The van der Waals surface area contributed by atoms with Gasteiger partial charge in [-0.1, -0.05) is 25.3 Å². The second kappa shape index (κ2) is 6.36. The molecule has 2 rings (SSSR count). The summed E-state index contributed by atoms with van der Waals surface area (Å²) in [6.45, 7) is 1.95. The SMILES string of the molecule is Cc1ccc(NC(=O)C2CCCCC2)c(NC=O)c1. The zero-order chi connectivity index (χ0) is 13.7. The number of carbonyl (C=O) groups is 2. The van der Waals surface area contributed by atoms with Crippen molar-refractivity contribution < 1.29 is 9.59 Å². The van der Waals surface area contributed by atoms with E-state index < -0.39 is 0 Å². The van der Waals surface area contributed by atoms with E-state index in [1.54, 1.807) is 0 Å². The Morgan fingerprint density at radius 3 is 2.63 bits per heavy atom. The van der Waals surface area contributed by atoms with Gasteiger partial charge in [0.25, 0.3) is 0 Å². The lowest BCUT2D eigenvalue weighted by Crippen LogP contribution is -2.25. The molecule has 0 radical (unpaired) electrons. The van der Waals surface area contributed by atoms with E-state index in [1.165, 1.54) is 6.42 Å². The molecule has 0 heterocycles. The Morgan fingerprint density at radius 1 is 1.21 bits per heavy atom. The van der Waals surface area contributed by atoms with Gasteiger partial charge in [0.2, 0.25) is 12.3 Å². The van der Waals surface area contributed by atoms with Crippen molar-refractivity contribution in [2.24, 2.45) is 5.92 Å². The van der Waals surface area contributed by atoms with E-state index in [0.717, 1.165) is 31.2 Å². The minimum atomic E-state index is 0.0671. The number of anilines is 2. The van der Waals surface area contributed by atoms with Gasteiger partial charge in [-0.25, -0.2) is 0 Å². The third-order valence-electron chi connectivity index (χ3n) is 3.62. The second-order valence-corrected chi connectivity index (χ2v) is 5.14. The van der Waals surface area contributed by atoms with Gasteiger partial charge < -0.3 is 10.6 Å². The third-order valence-corrected chi connectivity index (χ3v) is 3.62. The molecule has 1 aromatic rings. The lowest BCUT2D eigenvalue weighted by Gasteiger charge is -2.21. The van der Waals surface area contributed by atoms with Crippen molar-refractivity contribution in [2.45, 2.75) is 39.0 Å². The van der Waals surface area contributed by atoms with E-state index in [4.69, 9.17) is 0 Å². The number of nitrogens with one attached hydrogen (secondary N) is 2. The van der Waals surface area contributed by atoms with Gasteiger partial charge in [0.1, 0.15) is 0 Å². The molecule has 0 aliphatic heterocycles. The minimum Gasteiger partial charge on any atom is -0.327 e. The van der Waals surface area contributed by atoms with Gasteiger partial charge in [0.05, 0.1) is 11.4 Å². The summed E-state index contributed by atoms with van der Waals surface area (Å²) in [7, 11) is 0. The van der Waals surface area contributed by atoms with Crippen LogP contribution >= 0.6 is 0 Å². The Hall–Kier alpha value is -1.84. The van der Waals surface area contributed by atoms with Gasteiger partial charge in [-0.15, -0.1) is 0 Å². The van der Waals surface area contributed by atoms with Crippen molar-refractivity contribution in [2.75, 3.05) is 10.6 Å². The zero-order valence-corrected chi connectivity index (χ0v) is 11.2. The fourth-order valence-corrected chi connectivity index (χ4v) is 2.55. The van der Waals surface area contributed by atoms with Crippen molar-refractivity contribution >= 4 is 23.7 Å². The molecule has 1 aromatic carbocycles. The van der Waals surface area contributed by atoms with E-state index in [1.807, 2.05) is 25.1 Å². The molecule has 0 spiro atoms. The standard InChI is InChI=1S/C15H20N2O2/c1-11-7-8-13(14(9-11)16-10-18)17-15(19)12-5-3-2-4-6-12/h7-10,12H,2-6H2,1H3,(H,16,18)(H,17,19). The summed E-state index contributed by atoms with van der Waals surface area (Å²) in [6, 6.07) is 5.61. The third kappa shape index (κ3) is 3.56. The molecule has 2 amide bonds. The number of benzene rings is 1. The van der Waals surface area contributed by atoms with E-state index >= 15 is 0 Å². The Balaban J connectivity index is 2.08. The molecule has 102 valence electrons. The molecule has 1 aliphatic carbocycles. The summed E-state index contributed by atoms with van der Waals surface area (Å²) in [6.07, 6.45) is 6.05. The largest absolute Gasteiger partial charge is 0.327 e. The molecule has 0 aromatic heterocycles. The Kier molecular flexibility index (Phi) is 4.55. The first kappa shape index (κ1) is 13.6. The average molecular weight is 260 g/mol. The number of rotatable bonds is 4. The second-order valence-electron chi connectivity index (χ2n) is 5.14. The van der Waals surface area contributed by atoms with Gasteiger partial charge in [-0.3, -0.25) is 9.59 Å². The van der Waals surface area contributed by atoms with E-state index in [9.17, 15) is 9.59 Å². The van der Waals surface area contributed by atoms with Gasteiger partial charge in [-0.05, 0) is 37.5 Å². The van der Waals surface area contributed by atoms with Crippen LogP contribution < -0.4 is 10.6 Å². The molecule has 0 bridgehead atoms. The molecule has 0 unspecified atom stereocenters. The number of carbonyl (C=O) groups excluding carboxylic acids is 2. The highest BCUT2D eigenvalue weighted by atomic mass is 16.2. The van der Waals surface area contributed by atoms with Crippen LogP contribution in [-0.2, 0) is 9.59 Å². The number of hydrogen-bond donors (Lipinski definition) is 2. The topological polar surface area (TPSA) is 58.2 Å². The lowest BCUT2D eigenvalue weighted by molar-refractivity contribution is -0.120. The summed E-state index contributed by atoms with van der Waals surface area (Å²) >= 11 is 0. The average Bonchev–Trinajstić information content (AvgIpc) is 2.43. The maximum atomic E-state index is 12.2. The lowest BCUT2D eigenvalue weighted by atomic mass is 9.88. The normalized spacial score (nSPS) is 15.8. The molecule has 1 saturated carbocycles. The molecule has 0 saturated heterocycles. The van der Waals surface area contributed by atoms with E-state index in [2.05, 4.69) is 10.6 Å². The van der Waals surface area contributed by atoms with Gasteiger partial charge in [0.15, 0.2) is 0 Å². The summed E-state index contributed by atoms with van der Waals surface area (Å²) in [5, 5.41) is 5.56. The molecular formula is C15H20N2O2. The summed E-state index contributed by atoms with van der Waals surface area (Å²) < 4.78 is 0. The van der Waals surface area contributed by atoms with Gasteiger partial charge >= 0.3 is 0 Å². The van der Waals surface area contributed by atoms with Crippen LogP contribution in [0.1, 0.15) is 37.7 Å². The number of amides is 2. The smallest absolute Gasteiger partial charge is 0.227 e. The van der Waals surface area contributed by atoms with Crippen LogP contribution in [0.2, 0.25) is 0 Å². The van der Waals surface area contributed by atoms with Crippen LogP contribution in [-0.4, -0.2) is 12.3 Å². The van der Waals surface area contributed by atoms with E-state index in [-0.39, 0.29) is 11.8 Å². The van der Waals surface area contributed by atoms with Crippen LogP contribution in [0.4, 0.5) is 11.4 Å². The zero-order valence-electron chi connectivity index (χ0n) is 11.2. The number of aryl methyl sites for hydroxylation is 1. The first-order valence-electron chi connectivity index (χ1n) is 6.82. The maximum Gasteiger partial charge on any atom is 0.227 e. The molecule has 19 heavy (non-hydrogen) atoms. The van der Waals surface area contributed by atoms with Gasteiger partial charge in [0, 0.05) is 5.92 Å². The van der Waals surface area contributed by atoms with Crippen LogP contribution in [0, 0.1) is 12.8 Å². The fourth-order valence-electron chi connectivity index (χ4n) is 2.55. The maximum absolute atomic E-state index is 12.2. The highest BCUT2D eigenvalue weighted by molar-refractivity contribution is 5.97. The quantitative estimate of drug-likeness (QED) is 0.817. The molecule has 0 atom stereocenters. The van der Waals surface area contributed by atoms with Crippen LogP contribution in [0.25, 0.3) is 0 Å². The Morgan fingerprint density at radius 2 is 1.95 bits per heavy atom. The summed E-state index contributed by atoms with van der Waals surface area (Å²) in [4.78, 5) is 22.8. The predicted octanol–water partition coefficient (Wildman–Crippen LogP) is 3.08. The molecule has 1 fully saturated rings. The Labute approximate surface area is 113 Å². The number of hydrogen-bond acceptors (Lipinski definition) is 2. The first-order chi connectivity index (χ1) is 9.20. The Bertz CT molecular complexity index is 465. The van der Waals surface area contributed by atoms with Gasteiger partial charge in [-0.2, -0.15) is 0 Å². The van der Waals surface area contributed by atoms with Crippen molar-refractivity contribution in [3.05, 3.63) is 23.8 Å². The predicted molar refractivity (Wildman–Crippen MR) is 76.1 cm³/mol. The van der Waals surface area contributed by atoms with Crippen molar-refractivity contribution in [1.82, 2.24) is 0 Å². The highest BCUT2D eigenvalue weighted by Gasteiger charge is 2.21. The molecular weight excluding hydrogens is 240 g/mol. The minimum absolute atomic E-state index is 0.0671. The highest BCUT2D eigenvalue weighted by Crippen LogP contribution is 2.27. The first-order valence-corrected chi connectivity index (χ1v) is 6.82. The fraction of sp³-hybridized carbons (Fsp3) is 0.467. The van der Waals surface area contributed by atoms with Crippen molar-refractivity contribution in [1.29, 1.82) is 0 Å².